The lowest BCUT2D eigenvalue weighted by Gasteiger charge is -2.27. The molecule has 1 aromatic heterocycles. The maximum absolute atomic E-state index is 5.60. The second-order valence-corrected chi connectivity index (χ2v) is 5.86. The molecule has 2 aromatic rings. The van der Waals surface area contributed by atoms with E-state index in [2.05, 4.69) is 41.6 Å². The Labute approximate surface area is 126 Å². The first-order valence-electron chi connectivity index (χ1n) is 7.71. The summed E-state index contributed by atoms with van der Waals surface area (Å²) in [6, 6.07) is 10.5. The van der Waals surface area contributed by atoms with E-state index < -0.39 is 0 Å². The molecule has 0 unspecified atom stereocenters. The van der Waals surface area contributed by atoms with Gasteiger partial charge >= 0.3 is 0 Å². The Bertz CT molecular complexity index is 553. The van der Waals surface area contributed by atoms with Crippen LogP contribution in [0.4, 0.5) is 5.69 Å². The molecule has 0 amide bonds. The van der Waals surface area contributed by atoms with Crippen LogP contribution in [0.1, 0.15) is 25.3 Å². The van der Waals surface area contributed by atoms with E-state index in [1.807, 2.05) is 23.1 Å². The number of nitrogens with zero attached hydrogens (tertiary/aromatic N) is 2. The first-order chi connectivity index (χ1) is 10.3. The third-order valence-corrected chi connectivity index (χ3v) is 4.02. The minimum absolute atomic E-state index is 0.400. The second-order valence-electron chi connectivity index (χ2n) is 5.86. The van der Waals surface area contributed by atoms with Crippen LogP contribution >= 0.6 is 0 Å². The van der Waals surface area contributed by atoms with Crippen molar-refractivity contribution in [2.75, 3.05) is 18.5 Å². The van der Waals surface area contributed by atoms with Crippen LogP contribution in [0.2, 0.25) is 0 Å². The maximum Gasteiger partial charge on any atom is 0.0660 e. The van der Waals surface area contributed by atoms with Crippen molar-refractivity contribution in [3.63, 3.8) is 0 Å². The Kier molecular flexibility index (Phi) is 4.55. The highest BCUT2D eigenvalue weighted by atomic mass is 16.5. The maximum atomic E-state index is 5.60. The highest BCUT2D eigenvalue weighted by Gasteiger charge is 2.18. The minimum atomic E-state index is 0.400. The Morgan fingerprint density at radius 3 is 3.14 bits per heavy atom. The van der Waals surface area contributed by atoms with Gasteiger partial charge in [-0.1, -0.05) is 12.1 Å². The third-order valence-electron chi connectivity index (χ3n) is 4.02. The first kappa shape index (κ1) is 14.1. The molecule has 21 heavy (non-hydrogen) atoms. The Hall–Kier alpha value is -1.81. The number of benzene rings is 1. The summed E-state index contributed by atoms with van der Waals surface area (Å²) in [6.07, 6.45) is 6.51. The zero-order valence-electron chi connectivity index (χ0n) is 12.5. The number of anilines is 1. The van der Waals surface area contributed by atoms with Gasteiger partial charge in [-0.15, -0.1) is 0 Å². The predicted molar refractivity (Wildman–Crippen MR) is 84.4 cm³/mol. The molecule has 0 saturated carbocycles. The molecule has 0 radical (unpaired) electrons. The van der Waals surface area contributed by atoms with E-state index in [0.29, 0.717) is 12.0 Å². The molecule has 0 aliphatic carbocycles. The predicted octanol–water partition coefficient (Wildman–Crippen LogP) is 3.16. The molecular weight excluding hydrogens is 262 g/mol. The lowest BCUT2D eigenvalue weighted by atomic mass is 9.96. The van der Waals surface area contributed by atoms with Gasteiger partial charge in [0.2, 0.25) is 0 Å². The van der Waals surface area contributed by atoms with Crippen LogP contribution in [-0.2, 0) is 11.3 Å². The molecule has 1 fully saturated rings. The van der Waals surface area contributed by atoms with Gasteiger partial charge in [0, 0.05) is 31.2 Å². The van der Waals surface area contributed by atoms with Crippen molar-refractivity contribution in [2.45, 2.75) is 32.4 Å². The van der Waals surface area contributed by atoms with Gasteiger partial charge in [-0.3, -0.25) is 4.68 Å². The van der Waals surface area contributed by atoms with Crippen molar-refractivity contribution in [1.29, 1.82) is 0 Å². The molecule has 1 saturated heterocycles. The van der Waals surface area contributed by atoms with E-state index in [9.17, 15) is 0 Å². The zero-order chi connectivity index (χ0) is 14.5. The van der Waals surface area contributed by atoms with Gasteiger partial charge in [0.05, 0.1) is 12.6 Å². The van der Waals surface area contributed by atoms with Gasteiger partial charge < -0.3 is 10.1 Å². The fourth-order valence-electron chi connectivity index (χ4n) is 2.90. The number of aromatic nitrogens is 2. The van der Waals surface area contributed by atoms with Gasteiger partial charge in [0.1, 0.15) is 0 Å². The largest absolute Gasteiger partial charge is 0.385 e. The molecule has 1 aliphatic rings. The quantitative estimate of drug-likeness (QED) is 0.917. The molecular formula is C17H23N3O. The monoisotopic (exact) mass is 285 g/mol. The van der Waals surface area contributed by atoms with Gasteiger partial charge in [-0.25, -0.2) is 0 Å². The summed E-state index contributed by atoms with van der Waals surface area (Å²) >= 11 is 0. The van der Waals surface area contributed by atoms with Gasteiger partial charge in [0.15, 0.2) is 0 Å². The molecule has 1 aliphatic heterocycles. The fraction of sp³-hybridized carbons (Fsp3) is 0.471. The van der Waals surface area contributed by atoms with Crippen LogP contribution < -0.4 is 5.32 Å². The van der Waals surface area contributed by atoms with Crippen LogP contribution in [0.25, 0.3) is 0 Å². The Morgan fingerprint density at radius 1 is 1.38 bits per heavy atom. The normalized spacial score (nSPS) is 22.1. The van der Waals surface area contributed by atoms with E-state index in [1.54, 1.807) is 0 Å². The lowest BCUT2D eigenvalue weighted by Crippen LogP contribution is -2.27. The summed E-state index contributed by atoms with van der Waals surface area (Å²) in [5.41, 5.74) is 2.46. The van der Waals surface area contributed by atoms with E-state index in [1.165, 1.54) is 11.3 Å². The topological polar surface area (TPSA) is 39.1 Å². The summed E-state index contributed by atoms with van der Waals surface area (Å²) in [4.78, 5) is 0. The van der Waals surface area contributed by atoms with Crippen molar-refractivity contribution >= 4 is 5.69 Å². The SMILES string of the molecule is C[C@H]1C[C@H](CNc2cccc(Cn3cccn3)c2)CCO1. The molecule has 2 atom stereocenters. The van der Waals surface area contributed by atoms with Crippen LogP contribution in [0.3, 0.4) is 0 Å². The lowest BCUT2D eigenvalue weighted by molar-refractivity contribution is 0.00558. The summed E-state index contributed by atoms with van der Waals surface area (Å²) in [6.45, 7) is 4.90. The molecule has 4 nitrogen and oxygen atoms in total. The van der Waals surface area contributed by atoms with E-state index in [0.717, 1.165) is 32.5 Å². The molecule has 0 bridgehead atoms. The summed E-state index contributed by atoms with van der Waals surface area (Å²) in [5.74, 6) is 0.712. The molecule has 1 N–H and O–H groups in total. The van der Waals surface area contributed by atoms with E-state index in [-0.39, 0.29) is 0 Å². The Balaban J connectivity index is 1.55. The summed E-state index contributed by atoms with van der Waals surface area (Å²) < 4.78 is 7.54. The number of hydrogen-bond acceptors (Lipinski definition) is 3. The van der Waals surface area contributed by atoms with Crippen molar-refractivity contribution in [3.05, 3.63) is 48.3 Å². The number of nitrogens with one attached hydrogen (secondary N) is 1. The number of rotatable bonds is 5. The highest BCUT2D eigenvalue weighted by molar-refractivity contribution is 5.45. The fourth-order valence-corrected chi connectivity index (χ4v) is 2.90. The average Bonchev–Trinajstić information content (AvgIpc) is 2.99. The zero-order valence-corrected chi connectivity index (χ0v) is 12.5. The summed E-state index contributed by atoms with van der Waals surface area (Å²) in [7, 11) is 0. The Morgan fingerprint density at radius 2 is 2.33 bits per heavy atom. The highest BCUT2D eigenvalue weighted by Crippen LogP contribution is 2.21. The van der Waals surface area contributed by atoms with Crippen LogP contribution in [0, 0.1) is 5.92 Å². The second kappa shape index (κ2) is 6.76. The number of ether oxygens (including phenoxy) is 1. The van der Waals surface area contributed by atoms with Gasteiger partial charge in [-0.05, 0) is 49.4 Å². The molecule has 3 rings (SSSR count). The minimum Gasteiger partial charge on any atom is -0.385 e. The molecule has 1 aromatic carbocycles. The van der Waals surface area contributed by atoms with Gasteiger partial charge in [0.25, 0.3) is 0 Å². The van der Waals surface area contributed by atoms with E-state index in [4.69, 9.17) is 4.74 Å². The van der Waals surface area contributed by atoms with Crippen molar-refractivity contribution in [1.82, 2.24) is 9.78 Å². The third kappa shape index (κ3) is 4.08. The standard InChI is InChI=1S/C17H23N3O/c1-14-10-15(6-9-21-14)12-18-17-5-2-4-16(11-17)13-20-8-3-7-19-20/h2-5,7-8,11,14-15,18H,6,9-10,12-13H2,1H3/t14-,15+/m0/s1. The molecule has 2 heterocycles. The summed E-state index contributed by atoms with van der Waals surface area (Å²) in [5, 5.41) is 7.82. The smallest absolute Gasteiger partial charge is 0.0660 e. The molecule has 0 spiro atoms. The molecule has 4 heteroatoms. The average molecular weight is 285 g/mol. The van der Waals surface area contributed by atoms with Crippen LogP contribution in [0.5, 0.6) is 0 Å². The van der Waals surface area contributed by atoms with Gasteiger partial charge in [-0.2, -0.15) is 5.10 Å². The van der Waals surface area contributed by atoms with E-state index >= 15 is 0 Å². The van der Waals surface area contributed by atoms with Crippen molar-refractivity contribution in [2.24, 2.45) is 5.92 Å². The van der Waals surface area contributed by atoms with Crippen molar-refractivity contribution < 1.29 is 4.74 Å². The first-order valence-corrected chi connectivity index (χ1v) is 7.71. The van der Waals surface area contributed by atoms with Crippen molar-refractivity contribution in [3.8, 4) is 0 Å². The van der Waals surface area contributed by atoms with Crippen LogP contribution in [0.15, 0.2) is 42.7 Å². The molecule has 112 valence electrons. The number of hydrogen-bond donors (Lipinski definition) is 1. The van der Waals surface area contributed by atoms with Crippen LogP contribution in [-0.4, -0.2) is 29.0 Å².